The quantitative estimate of drug-likeness (QED) is 0.0342. The van der Waals surface area contributed by atoms with Gasteiger partial charge in [0.05, 0.1) is 10.7 Å². The molecule has 142 heavy (non-hydrogen) atoms. The van der Waals surface area contributed by atoms with E-state index in [2.05, 4.69) is 185 Å². The standard InChI is InChI=1S/C24H26N2O2.C23H22F3N3O2.C23H25N3O2.C22H22ClN3O2.C21H22N4O2/c1-26-23(27)21(16-17-8-4-2-5-9-17)22(25-24(26)28)20-14-12-19(13-15-20)18-10-6-3-7-11-18;24-23(25,26)19-8-4-7-17(27-19)13-18-20(28-22(31)29-21(18)30)16-11-9-15(10-12-16)14-5-2-1-3-6-14;1-15-13-16(11-12-24-15)14-20-21(25-23(28)26-22(20)27)19-9-7-18(8-10-19)17-5-3-2-4-6-17;23-18-7-4-12-24-19(18)13-17-20(25-22(28)26-21(17)27)16-10-8-15(9-11-16)14-5-2-1-3-6-14;26-20-17(13-18-22-11-4-12-23-18)19(24-21(27)25-20)16-9-7-15(8-10-16)14-5-2-1-3-6-14/h2-11,19-20H,12-16H2,1H3,(H,25,28);1-8,15-16H,9-13H2,(H2,28,29,30,31);2-6,11-13,18-19H,7-10,14H2,1H3,(H2,25,26,27,28);1-7,12,15-16H,8-11,13H2,(H2,25,26,27,28);1-6,11-12,15-16H,7-10,13H2,(H2,24,25,26,27). The van der Waals surface area contributed by atoms with Crippen molar-refractivity contribution in [1.29, 1.82) is 0 Å². The number of aromatic nitrogens is 15. The van der Waals surface area contributed by atoms with E-state index in [9.17, 15) is 61.1 Å². The van der Waals surface area contributed by atoms with E-state index in [1.54, 1.807) is 50.0 Å². The average molecular weight is 1940 g/mol. The summed E-state index contributed by atoms with van der Waals surface area (Å²) >= 11 is 6.24. The first-order valence-electron chi connectivity index (χ1n) is 49.2. The van der Waals surface area contributed by atoms with Gasteiger partial charge in [0.15, 0.2) is 0 Å². The topological polar surface area (TPSA) is 382 Å². The van der Waals surface area contributed by atoms with Crippen LogP contribution in [0.4, 0.5) is 13.2 Å². The van der Waals surface area contributed by atoms with Crippen molar-refractivity contribution in [2.75, 3.05) is 0 Å². The van der Waals surface area contributed by atoms with Crippen molar-refractivity contribution in [2.24, 2.45) is 7.05 Å². The molecule has 0 unspecified atom stereocenters. The summed E-state index contributed by atoms with van der Waals surface area (Å²) in [6.07, 6.45) is 23.3. The number of rotatable bonds is 20. The zero-order chi connectivity index (χ0) is 99.2. The van der Waals surface area contributed by atoms with Crippen LogP contribution in [0.3, 0.4) is 0 Å². The van der Waals surface area contributed by atoms with Gasteiger partial charge < -0.3 is 24.9 Å². The highest BCUT2D eigenvalue weighted by molar-refractivity contribution is 6.31. The van der Waals surface area contributed by atoms with Gasteiger partial charge in [-0.05, 0) is 276 Å². The Kier molecular flexibility index (Phi) is 33.6. The Morgan fingerprint density at radius 3 is 0.993 bits per heavy atom. The number of hydrogen-bond donors (Lipinski definition) is 9. The molecular formula is C113H117ClF3N15O10. The molecule has 0 saturated heterocycles. The first-order valence-corrected chi connectivity index (χ1v) is 49.6. The molecule has 20 rings (SSSR count). The SMILES string of the molecule is Cc1cc(Cc2c(C3CCC(c4ccccc4)CC3)[nH]c(=O)[nH]c2=O)ccn1.Cn1c(=O)[nH]c(C2CCC(c3ccccc3)CC2)c(Cc2ccccc2)c1=O.O=c1[nH]c(C2CCC(c3ccccc3)CC2)c(Cc2cccc(C(F)(F)F)n2)c(=O)[nH]1.O=c1[nH]c(C2CCC(c3ccccc3)CC2)c(Cc2ncccc2Cl)c(=O)[nH]1.O=c1[nH]c(C2CCC(c3ccccc3)CC2)c(Cc2ncccn2)c(=O)[nH]1. The third-order valence-corrected chi connectivity index (χ3v) is 29.3. The van der Waals surface area contributed by atoms with Crippen molar-refractivity contribution in [1.82, 2.24) is 74.3 Å². The number of H-pyrrole nitrogens is 9. The Labute approximate surface area is 822 Å². The number of benzene rings is 6. The monoisotopic (exact) mass is 1940 g/mol. The minimum atomic E-state index is -4.56. The Bertz CT molecular complexity index is 7380. The zero-order valence-corrected chi connectivity index (χ0v) is 80.2. The first-order chi connectivity index (χ1) is 68.9. The number of aryl methyl sites for hydroxylation is 1. The molecule has 0 amide bonds. The average Bonchev–Trinajstić information content (AvgIpc) is 0.785. The molecule has 25 nitrogen and oxygen atoms in total. The Balaban J connectivity index is 0.000000128. The Morgan fingerprint density at radius 1 is 0.310 bits per heavy atom. The maximum absolute atomic E-state index is 13.0. The molecule has 5 saturated carbocycles. The lowest BCUT2D eigenvalue weighted by molar-refractivity contribution is -0.141. The van der Waals surface area contributed by atoms with Crippen LogP contribution in [0.2, 0.25) is 5.02 Å². The van der Waals surface area contributed by atoms with E-state index in [-0.39, 0.29) is 75.2 Å². The van der Waals surface area contributed by atoms with Gasteiger partial charge in [-0.25, -0.2) is 38.9 Å². The Morgan fingerprint density at radius 2 is 0.634 bits per heavy atom. The summed E-state index contributed by atoms with van der Waals surface area (Å²) < 4.78 is 40.2. The molecule has 9 aromatic heterocycles. The highest BCUT2D eigenvalue weighted by Gasteiger charge is 2.36. The van der Waals surface area contributed by atoms with E-state index in [1.165, 1.54) is 44.5 Å². The molecule has 0 radical (unpaired) electrons. The van der Waals surface area contributed by atoms with E-state index < -0.39 is 40.2 Å². The lowest BCUT2D eigenvalue weighted by Crippen LogP contribution is -2.37. The van der Waals surface area contributed by atoms with Gasteiger partial charge in [-0.15, -0.1) is 0 Å². The number of hydrogen-bond acceptors (Lipinski definition) is 15. The van der Waals surface area contributed by atoms with Crippen LogP contribution in [-0.4, -0.2) is 74.3 Å². The number of aromatic amines is 9. The summed E-state index contributed by atoms with van der Waals surface area (Å²) in [6.45, 7) is 1.94. The molecule has 732 valence electrons. The van der Waals surface area contributed by atoms with Crippen LogP contribution in [0.5, 0.6) is 0 Å². The largest absolute Gasteiger partial charge is 0.433 e. The Hall–Kier alpha value is -14.7. The second-order valence-corrected chi connectivity index (χ2v) is 38.4. The molecule has 0 atom stereocenters. The van der Waals surface area contributed by atoms with Crippen LogP contribution in [0.1, 0.15) is 311 Å². The zero-order valence-electron chi connectivity index (χ0n) is 79.5. The smallest absolute Gasteiger partial charge is 0.311 e. The molecule has 29 heteroatoms. The molecule has 9 N–H and O–H groups in total. The number of nitrogens with zero attached hydrogens (tertiary/aromatic N) is 6. The summed E-state index contributed by atoms with van der Waals surface area (Å²) in [5, 5.41) is 0.520. The van der Waals surface area contributed by atoms with Crippen molar-refractivity contribution < 1.29 is 13.2 Å². The molecule has 5 aliphatic rings. The summed E-state index contributed by atoms with van der Waals surface area (Å²) in [5.41, 5.74) is 12.1. The highest BCUT2D eigenvalue weighted by Crippen LogP contribution is 2.46. The van der Waals surface area contributed by atoms with Crippen molar-refractivity contribution in [2.45, 2.75) is 233 Å². The molecule has 0 aliphatic heterocycles. The van der Waals surface area contributed by atoms with Gasteiger partial charge in [-0.1, -0.05) is 200 Å². The maximum atomic E-state index is 13.0. The first kappa shape index (κ1) is 100. The fourth-order valence-corrected chi connectivity index (χ4v) is 21.7. The molecule has 6 aromatic carbocycles. The summed E-state index contributed by atoms with van der Waals surface area (Å²) in [4.78, 5) is 168. The second-order valence-electron chi connectivity index (χ2n) is 38.0. The van der Waals surface area contributed by atoms with Gasteiger partial charge >= 0.3 is 34.6 Å². The minimum Gasteiger partial charge on any atom is -0.311 e. The van der Waals surface area contributed by atoms with E-state index >= 15 is 0 Å². The van der Waals surface area contributed by atoms with Gasteiger partial charge in [-0.3, -0.25) is 58.4 Å². The summed E-state index contributed by atoms with van der Waals surface area (Å²) in [6, 6.07) is 75.3. The molecule has 5 aliphatic carbocycles. The maximum Gasteiger partial charge on any atom is 0.433 e. The molecule has 0 bridgehead atoms. The molecule has 9 heterocycles. The van der Waals surface area contributed by atoms with Crippen LogP contribution >= 0.6 is 11.6 Å². The van der Waals surface area contributed by atoms with E-state index in [1.807, 2.05) is 85.8 Å². The van der Waals surface area contributed by atoms with Gasteiger partial charge in [0.1, 0.15) is 11.5 Å². The van der Waals surface area contributed by atoms with E-state index in [0.717, 1.165) is 180 Å². The van der Waals surface area contributed by atoms with Crippen LogP contribution in [0.15, 0.2) is 303 Å². The van der Waals surface area contributed by atoms with Gasteiger partial charge in [0.25, 0.3) is 27.8 Å². The molecular weight excluding hydrogens is 1820 g/mol. The van der Waals surface area contributed by atoms with Crippen molar-refractivity contribution in [3.8, 4) is 0 Å². The van der Waals surface area contributed by atoms with Crippen LogP contribution in [-0.2, 0) is 45.3 Å². The highest BCUT2D eigenvalue weighted by atomic mass is 35.5. The number of halogens is 4. The predicted molar refractivity (Wildman–Crippen MR) is 545 cm³/mol. The van der Waals surface area contributed by atoms with Crippen LogP contribution < -0.4 is 56.2 Å². The van der Waals surface area contributed by atoms with Gasteiger partial charge in [0.2, 0.25) is 0 Å². The lowest BCUT2D eigenvalue weighted by Gasteiger charge is -2.30. The van der Waals surface area contributed by atoms with Gasteiger partial charge in [0, 0.05) is 132 Å². The third kappa shape index (κ3) is 26.1. The fraction of sp³-hybridized carbons (Fsp3) is 0.336. The molecule has 15 aromatic rings. The van der Waals surface area contributed by atoms with Gasteiger partial charge in [-0.2, -0.15) is 13.2 Å². The number of pyridine rings is 3. The van der Waals surface area contributed by atoms with Crippen LogP contribution in [0.25, 0.3) is 0 Å². The number of nitrogens with one attached hydrogen (secondary N) is 9. The van der Waals surface area contributed by atoms with Crippen molar-refractivity contribution in [3.63, 3.8) is 0 Å². The normalized spacial score (nSPS) is 19.5. The van der Waals surface area contributed by atoms with Crippen LogP contribution in [0, 0.1) is 6.92 Å². The van der Waals surface area contributed by atoms with Crippen molar-refractivity contribution >= 4 is 11.6 Å². The lowest BCUT2D eigenvalue weighted by atomic mass is 9.76. The van der Waals surface area contributed by atoms with E-state index in [4.69, 9.17) is 11.6 Å². The molecule has 5 fully saturated rings. The second kappa shape index (κ2) is 47.5. The van der Waals surface area contributed by atoms with Crippen molar-refractivity contribution in [3.05, 3.63) is 488 Å². The minimum absolute atomic E-state index is 0.0317. The predicted octanol–water partition coefficient (Wildman–Crippen LogP) is 19.4. The molecule has 0 spiro atoms. The summed E-state index contributed by atoms with van der Waals surface area (Å²) in [7, 11) is 1.55. The summed E-state index contributed by atoms with van der Waals surface area (Å²) in [5.74, 6) is 3.94. The van der Waals surface area contributed by atoms with E-state index in [0.29, 0.717) is 94.2 Å². The fourth-order valence-electron chi connectivity index (χ4n) is 21.6. The third-order valence-electron chi connectivity index (χ3n) is 28.9. The number of alkyl halides is 3.